The maximum atomic E-state index is 12.5. The number of rotatable bonds is 5. The van der Waals surface area contributed by atoms with Crippen LogP contribution in [-0.4, -0.2) is 17.0 Å². The molecule has 0 spiro atoms. The van der Waals surface area contributed by atoms with Crippen LogP contribution in [0.2, 0.25) is 0 Å². The summed E-state index contributed by atoms with van der Waals surface area (Å²) in [6.45, 7) is 2.14. The molecule has 0 bridgehead atoms. The number of aryl methyl sites for hydroxylation is 2. The van der Waals surface area contributed by atoms with E-state index < -0.39 is 0 Å². The highest BCUT2D eigenvalue weighted by atomic mass is 16.5. The molecule has 1 fully saturated rings. The van der Waals surface area contributed by atoms with Crippen molar-refractivity contribution in [3.05, 3.63) is 83.6 Å². The molecule has 5 heteroatoms. The highest BCUT2D eigenvalue weighted by molar-refractivity contribution is 5.91. The minimum atomic E-state index is 0.0159. The van der Waals surface area contributed by atoms with Gasteiger partial charge in [0.2, 0.25) is 5.91 Å². The average Bonchev–Trinajstić information content (AvgIpc) is 2.85. The topological polar surface area (TPSA) is 60.5 Å². The fraction of sp³-hybridized carbons (Fsp3) is 0.357. The van der Waals surface area contributed by atoms with Crippen molar-refractivity contribution < 1.29 is 14.3 Å². The minimum Gasteiger partial charge on any atom is -0.490 e. The van der Waals surface area contributed by atoms with Gasteiger partial charge in [-0.2, -0.15) is 0 Å². The lowest BCUT2D eigenvalue weighted by atomic mass is 9.86. The highest BCUT2D eigenvalue weighted by Gasteiger charge is 2.28. The molecule has 33 heavy (non-hydrogen) atoms. The largest absolute Gasteiger partial charge is 0.490 e. The van der Waals surface area contributed by atoms with E-state index in [0.717, 1.165) is 50.0 Å². The van der Waals surface area contributed by atoms with Crippen molar-refractivity contribution in [2.24, 2.45) is 5.92 Å². The first-order valence-electron chi connectivity index (χ1n) is 11.9. The number of fused-ring (bicyclic) bond motifs is 1. The molecule has 170 valence electrons. The molecule has 1 aliphatic carbocycles. The molecule has 5 nitrogen and oxygen atoms in total. The molecular weight excluding hydrogens is 412 g/mol. The number of pyridine rings is 1. The Labute approximate surface area is 195 Å². The average molecular weight is 443 g/mol. The number of carbonyl (C=O) groups excluding carboxylic acids is 1. The molecule has 3 aromatic rings. The smallest absolute Gasteiger partial charge is 0.228 e. The van der Waals surface area contributed by atoms with Crippen molar-refractivity contribution >= 4 is 11.7 Å². The summed E-state index contributed by atoms with van der Waals surface area (Å²) in [7, 11) is 0. The first-order valence-corrected chi connectivity index (χ1v) is 11.9. The number of nitrogens with one attached hydrogen (secondary N) is 1. The van der Waals surface area contributed by atoms with Crippen molar-refractivity contribution in [3.63, 3.8) is 0 Å². The van der Waals surface area contributed by atoms with Gasteiger partial charge in [-0.3, -0.25) is 4.79 Å². The quantitative estimate of drug-likeness (QED) is 0.524. The predicted octanol–water partition coefficient (Wildman–Crippen LogP) is 6.03. The Morgan fingerprint density at radius 1 is 1.00 bits per heavy atom. The Morgan fingerprint density at radius 3 is 2.61 bits per heavy atom. The van der Waals surface area contributed by atoms with E-state index in [9.17, 15) is 4.79 Å². The summed E-state index contributed by atoms with van der Waals surface area (Å²) in [6.07, 6.45) is 7.30. The van der Waals surface area contributed by atoms with Gasteiger partial charge in [-0.05, 0) is 92.5 Å². The molecule has 1 atom stereocenters. The van der Waals surface area contributed by atoms with Crippen LogP contribution < -0.4 is 14.8 Å². The number of aromatic nitrogens is 1. The van der Waals surface area contributed by atoms with E-state index in [-0.39, 0.29) is 24.0 Å². The summed E-state index contributed by atoms with van der Waals surface area (Å²) in [4.78, 5) is 16.7. The minimum absolute atomic E-state index is 0.0159. The monoisotopic (exact) mass is 442 g/mol. The SMILES string of the molecule is Cc1ccccc1C1CCc2cc(OC3CCC(C(=O)Nc4ccccn4)CC3)ccc2O1. The molecule has 0 radical (unpaired) electrons. The number of carbonyl (C=O) groups is 1. The third-order valence-electron chi connectivity index (χ3n) is 6.78. The highest BCUT2D eigenvalue weighted by Crippen LogP contribution is 2.38. The van der Waals surface area contributed by atoms with E-state index in [4.69, 9.17) is 9.47 Å². The summed E-state index contributed by atoms with van der Waals surface area (Å²) >= 11 is 0. The van der Waals surface area contributed by atoms with Gasteiger partial charge in [0.15, 0.2) is 0 Å². The van der Waals surface area contributed by atoms with Crippen LogP contribution in [0.4, 0.5) is 5.82 Å². The zero-order valence-electron chi connectivity index (χ0n) is 19.0. The van der Waals surface area contributed by atoms with Gasteiger partial charge in [-0.15, -0.1) is 0 Å². The Balaban J connectivity index is 1.15. The van der Waals surface area contributed by atoms with Gasteiger partial charge in [-0.1, -0.05) is 30.3 Å². The number of ether oxygens (including phenoxy) is 2. The van der Waals surface area contributed by atoms with Crippen molar-refractivity contribution in [1.82, 2.24) is 4.98 Å². The van der Waals surface area contributed by atoms with Gasteiger partial charge >= 0.3 is 0 Å². The van der Waals surface area contributed by atoms with Crippen molar-refractivity contribution in [3.8, 4) is 11.5 Å². The molecule has 1 saturated carbocycles. The maximum Gasteiger partial charge on any atom is 0.228 e. The van der Waals surface area contributed by atoms with E-state index in [1.54, 1.807) is 6.20 Å². The zero-order chi connectivity index (χ0) is 22.6. The van der Waals surface area contributed by atoms with Gasteiger partial charge in [0.1, 0.15) is 23.4 Å². The lowest BCUT2D eigenvalue weighted by Gasteiger charge is -2.30. The number of anilines is 1. The number of hydrogen-bond donors (Lipinski definition) is 1. The number of amides is 1. The van der Waals surface area contributed by atoms with Crippen LogP contribution in [0.3, 0.4) is 0 Å². The third-order valence-corrected chi connectivity index (χ3v) is 6.78. The van der Waals surface area contributed by atoms with Crippen LogP contribution in [0, 0.1) is 12.8 Å². The van der Waals surface area contributed by atoms with Crippen molar-refractivity contribution in [2.45, 2.75) is 57.7 Å². The van der Waals surface area contributed by atoms with Gasteiger partial charge in [0.25, 0.3) is 0 Å². The normalized spacial score (nSPS) is 22.0. The third kappa shape index (κ3) is 5.03. The molecule has 2 heterocycles. The van der Waals surface area contributed by atoms with E-state index >= 15 is 0 Å². The lowest BCUT2D eigenvalue weighted by Crippen LogP contribution is -2.31. The van der Waals surface area contributed by atoms with E-state index in [1.165, 1.54) is 16.7 Å². The van der Waals surface area contributed by atoms with Gasteiger partial charge in [0.05, 0.1) is 6.10 Å². The molecule has 1 aromatic heterocycles. The van der Waals surface area contributed by atoms with Crippen LogP contribution in [-0.2, 0) is 11.2 Å². The van der Waals surface area contributed by atoms with Crippen LogP contribution in [0.15, 0.2) is 66.9 Å². The second-order valence-electron chi connectivity index (χ2n) is 9.07. The second-order valence-corrected chi connectivity index (χ2v) is 9.07. The summed E-state index contributed by atoms with van der Waals surface area (Å²) in [5, 5.41) is 2.92. The predicted molar refractivity (Wildman–Crippen MR) is 129 cm³/mol. The van der Waals surface area contributed by atoms with Crippen LogP contribution in [0.25, 0.3) is 0 Å². The van der Waals surface area contributed by atoms with Gasteiger partial charge < -0.3 is 14.8 Å². The molecule has 1 unspecified atom stereocenters. The Bertz CT molecular complexity index is 1110. The fourth-order valence-corrected chi connectivity index (χ4v) is 4.91. The van der Waals surface area contributed by atoms with E-state index in [2.05, 4.69) is 47.6 Å². The zero-order valence-corrected chi connectivity index (χ0v) is 19.0. The Kier molecular flexibility index (Phi) is 6.29. The number of hydrogen-bond acceptors (Lipinski definition) is 4. The molecule has 2 aromatic carbocycles. The van der Waals surface area contributed by atoms with Crippen molar-refractivity contribution in [1.29, 1.82) is 0 Å². The van der Waals surface area contributed by atoms with Crippen molar-refractivity contribution in [2.75, 3.05) is 5.32 Å². The molecular formula is C28H30N2O3. The van der Waals surface area contributed by atoms with Crippen LogP contribution in [0.5, 0.6) is 11.5 Å². The Morgan fingerprint density at radius 2 is 1.82 bits per heavy atom. The molecule has 0 saturated heterocycles. The summed E-state index contributed by atoms with van der Waals surface area (Å²) < 4.78 is 12.6. The van der Waals surface area contributed by atoms with E-state index in [1.807, 2.05) is 30.3 Å². The molecule has 1 amide bonds. The first-order chi connectivity index (χ1) is 16.2. The molecule has 2 aliphatic rings. The fourth-order valence-electron chi connectivity index (χ4n) is 4.91. The summed E-state index contributed by atoms with van der Waals surface area (Å²) in [5.41, 5.74) is 3.75. The van der Waals surface area contributed by atoms with Crippen LogP contribution in [0.1, 0.15) is 54.9 Å². The number of nitrogens with zero attached hydrogens (tertiary/aromatic N) is 1. The summed E-state index contributed by atoms with van der Waals surface area (Å²) in [5.74, 6) is 2.54. The van der Waals surface area contributed by atoms with Gasteiger partial charge in [-0.25, -0.2) is 4.98 Å². The molecule has 5 rings (SSSR count). The number of benzene rings is 2. The Hall–Kier alpha value is -3.34. The lowest BCUT2D eigenvalue weighted by molar-refractivity contribution is -0.121. The maximum absolute atomic E-state index is 12.5. The summed E-state index contributed by atoms with van der Waals surface area (Å²) in [6, 6.07) is 20.2. The second kappa shape index (κ2) is 9.65. The van der Waals surface area contributed by atoms with Crippen LogP contribution >= 0.6 is 0 Å². The van der Waals surface area contributed by atoms with E-state index in [0.29, 0.717) is 5.82 Å². The van der Waals surface area contributed by atoms with Gasteiger partial charge in [0, 0.05) is 12.1 Å². The first kappa shape index (κ1) is 21.5. The molecule has 1 N–H and O–H groups in total. The standard InChI is InChI=1S/C28H30N2O3/c1-19-6-2-3-7-24(19)26-15-11-21-18-23(14-16-25(21)33-26)32-22-12-9-20(10-13-22)28(31)30-27-8-4-5-17-29-27/h2-8,14,16-18,20,22,26H,9-13,15H2,1H3,(H,29,30,31). The molecule has 1 aliphatic heterocycles.